The van der Waals surface area contributed by atoms with E-state index in [9.17, 15) is 5.11 Å². The molecular formula is C25H49N2O+. The summed E-state index contributed by atoms with van der Waals surface area (Å²) in [5, 5.41) is 9.36. The van der Waals surface area contributed by atoms with Gasteiger partial charge in [0, 0.05) is 6.42 Å². The van der Waals surface area contributed by atoms with E-state index >= 15 is 0 Å². The van der Waals surface area contributed by atoms with Crippen LogP contribution in [0, 0.1) is 0 Å². The summed E-state index contributed by atoms with van der Waals surface area (Å²) in [6, 6.07) is 0. The predicted octanol–water partition coefficient (Wildman–Crippen LogP) is 6.65. The molecule has 2 atom stereocenters. The highest BCUT2D eigenvalue weighted by molar-refractivity contribution is 5.60. The molecule has 1 rings (SSSR count). The lowest BCUT2D eigenvalue weighted by Crippen LogP contribution is -2.53. The van der Waals surface area contributed by atoms with Gasteiger partial charge in [0.25, 0.3) is 0 Å². The van der Waals surface area contributed by atoms with E-state index in [-0.39, 0.29) is 6.61 Å². The minimum absolute atomic E-state index is 0.260. The highest BCUT2D eigenvalue weighted by atomic mass is 16.3. The Hall–Kier alpha value is -0.670. The molecule has 0 amide bonds. The molecule has 0 saturated heterocycles. The molecule has 1 N–H and O–H groups in total. The van der Waals surface area contributed by atoms with Gasteiger partial charge < -0.3 is 5.11 Å². The summed E-state index contributed by atoms with van der Waals surface area (Å²) in [6.07, 6.45) is 27.7. The molecular weight excluding hydrogens is 344 g/mol. The van der Waals surface area contributed by atoms with E-state index in [1.54, 1.807) is 0 Å². The highest BCUT2D eigenvalue weighted by Gasteiger charge is 2.36. The molecule has 0 aromatic carbocycles. The van der Waals surface area contributed by atoms with Gasteiger partial charge in [-0.1, -0.05) is 96.1 Å². The number of aliphatic hydroxyl groups is 1. The van der Waals surface area contributed by atoms with Gasteiger partial charge in [0.15, 0.2) is 6.17 Å². The first-order valence-electron chi connectivity index (χ1n) is 12.4. The van der Waals surface area contributed by atoms with Crippen molar-refractivity contribution in [3.8, 4) is 0 Å². The predicted molar refractivity (Wildman–Crippen MR) is 124 cm³/mol. The molecule has 164 valence electrons. The third kappa shape index (κ3) is 10.8. The summed E-state index contributed by atoms with van der Waals surface area (Å²) in [5.74, 6) is 0. The van der Waals surface area contributed by atoms with Crippen LogP contribution in [0.15, 0.2) is 17.1 Å². The monoisotopic (exact) mass is 393 g/mol. The summed E-state index contributed by atoms with van der Waals surface area (Å²) in [6.45, 7) is 7.63. The molecule has 0 fully saturated rings. The number of nitrogens with zero attached hydrogens (tertiary/aromatic N) is 2. The maximum atomic E-state index is 9.36. The Balaban J connectivity index is 1.91. The van der Waals surface area contributed by atoms with Crippen LogP contribution in [0.1, 0.15) is 110 Å². The van der Waals surface area contributed by atoms with Crippen molar-refractivity contribution in [2.45, 2.75) is 116 Å². The first kappa shape index (κ1) is 25.4. The Morgan fingerprint density at radius 3 is 1.96 bits per heavy atom. The number of quaternary nitrogens is 1. The van der Waals surface area contributed by atoms with Gasteiger partial charge in [-0.3, -0.25) is 4.48 Å². The Bertz CT molecular complexity index is 407. The van der Waals surface area contributed by atoms with Crippen molar-refractivity contribution in [3.05, 3.63) is 12.2 Å². The van der Waals surface area contributed by atoms with Crippen LogP contribution in [0.25, 0.3) is 0 Å². The molecule has 1 aliphatic rings. The largest absolute Gasteiger partial charge is 0.391 e. The fourth-order valence-electron chi connectivity index (χ4n) is 4.43. The van der Waals surface area contributed by atoms with Gasteiger partial charge in [0.2, 0.25) is 0 Å². The van der Waals surface area contributed by atoms with Crippen molar-refractivity contribution in [1.29, 1.82) is 0 Å². The van der Waals surface area contributed by atoms with Gasteiger partial charge in [-0.15, -0.1) is 0 Å². The fourth-order valence-corrected chi connectivity index (χ4v) is 4.43. The van der Waals surface area contributed by atoms with Gasteiger partial charge in [-0.2, -0.15) is 0 Å². The normalized spacial score (nSPS) is 21.9. The lowest BCUT2D eigenvalue weighted by Gasteiger charge is -2.37. The fraction of sp³-hybridized carbons (Fsp3) is 0.880. The lowest BCUT2D eigenvalue weighted by molar-refractivity contribution is -0.935. The van der Waals surface area contributed by atoms with Crippen LogP contribution < -0.4 is 0 Å². The molecule has 1 heterocycles. The van der Waals surface area contributed by atoms with Crippen LogP contribution in [0.4, 0.5) is 0 Å². The first-order chi connectivity index (χ1) is 13.8. The smallest absolute Gasteiger partial charge is 0.186 e. The second kappa shape index (κ2) is 17.2. The van der Waals surface area contributed by atoms with Crippen LogP contribution in [0.5, 0.6) is 0 Å². The molecule has 2 unspecified atom stereocenters. The molecule has 3 heteroatoms. The van der Waals surface area contributed by atoms with Crippen molar-refractivity contribution in [3.63, 3.8) is 0 Å². The molecule has 1 aliphatic heterocycles. The lowest BCUT2D eigenvalue weighted by atomic mass is 10.0. The molecule has 0 aromatic heterocycles. The van der Waals surface area contributed by atoms with Crippen molar-refractivity contribution in [1.82, 2.24) is 0 Å². The minimum Gasteiger partial charge on any atom is -0.391 e. The molecule has 0 radical (unpaired) electrons. The number of aliphatic hydroxyl groups excluding tert-OH is 1. The molecule has 3 nitrogen and oxygen atoms in total. The minimum atomic E-state index is 0.260. The molecule has 0 saturated carbocycles. The molecule has 0 aliphatic carbocycles. The van der Waals surface area contributed by atoms with Gasteiger partial charge >= 0.3 is 0 Å². The Labute approximate surface area is 175 Å². The zero-order chi connectivity index (χ0) is 20.3. The quantitative estimate of drug-likeness (QED) is 0.149. The summed E-state index contributed by atoms with van der Waals surface area (Å²) >= 11 is 0. The maximum Gasteiger partial charge on any atom is 0.186 e. The van der Waals surface area contributed by atoms with Crippen LogP contribution in [0.2, 0.25) is 0 Å². The average molecular weight is 394 g/mol. The van der Waals surface area contributed by atoms with E-state index in [2.05, 4.69) is 37.2 Å². The van der Waals surface area contributed by atoms with Gasteiger partial charge in [-0.05, 0) is 19.8 Å². The van der Waals surface area contributed by atoms with Crippen LogP contribution in [-0.4, -0.2) is 48.2 Å². The summed E-state index contributed by atoms with van der Waals surface area (Å²) in [5.41, 5.74) is 0. The summed E-state index contributed by atoms with van der Waals surface area (Å²) in [7, 11) is 0. The first-order valence-corrected chi connectivity index (χ1v) is 12.4. The number of likely N-dealkylation sites (N-methyl/N-ethyl adjacent to an activating group) is 1. The molecule has 28 heavy (non-hydrogen) atoms. The van der Waals surface area contributed by atoms with E-state index in [0.29, 0.717) is 6.17 Å². The second-order valence-electron chi connectivity index (χ2n) is 8.72. The number of unbranched alkanes of at least 4 members (excludes halogenated alkanes) is 13. The average Bonchev–Trinajstić information content (AvgIpc) is 3.11. The van der Waals surface area contributed by atoms with Crippen LogP contribution in [0.3, 0.4) is 0 Å². The van der Waals surface area contributed by atoms with E-state index in [0.717, 1.165) is 30.5 Å². The highest BCUT2D eigenvalue weighted by Crippen LogP contribution is 2.22. The number of aliphatic imine (C=N–C) groups is 1. The van der Waals surface area contributed by atoms with Gasteiger partial charge in [0.05, 0.1) is 19.4 Å². The Morgan fingerprint density at radius 2 is 1.43 bits per heavy atom. The van der Waals surface area contributed by atoms with Crippen molar-refractivity contribution in [2.24, 2.45) is 4.99 Å². The second-order valence-corrected chi connectivity index (χ2v) is 8.72. The Kier molecular flexibility index (Phi) is 15.6. The van der Waals surface area contributed by atoms with Crippen LogP contribution >= 0.6 is 0 Å². The standard InChI is InChI=1S/C25H49N2O/c1-3-5-6-7-8-9-10-11-12-13-14-15-16-17-18-19-20-25-26-21-22-27(25,4-2)23-24-28/h18-19,21,25,28H,3-17,20,22-24H2,1-2H3/q+1/b19-18+. The summed E-state index contributed by atoms with van der Waals surface area (Å²) in [4.78, 5) is 4.67. The SMILES string of the molecule is CCCCCCCCCCCCCCC/C=C/CC1N=CC[N+]1(CC)CCO. The number of hydrogen-bond acceptors (Lipinski definition) is 2. The Morgan fingerprint density at radius 1 is 0.857 bits per heavy atom. The topological polar surface area (TPSA) is 32.6 Å². The number of allylic oxidation sites excluding steroid dienone is 1. The zero-order valence-corrected chi connectivity index (χ0v) is 19.1. The van der Waals surface area contributed by atoms with E-state index < -0.39 is 0 Å². The van der Waals surface area contributed by atoms with Crippen molar-refractivity contribution >= 4 is 6.21 Å². The van der Waals surface area contributed by atoms with Gasteiger partial charge in [0.1, 0.15) is 13.1 Å². The maximum absolute atomic E-state index is 9.36. The number of hydrogen-bond donors (Lipinski definition) is 1. The summed E-state index contributed by atoms with van der Waals surface area (Å²) < 4.78 is 0.930. The van der Waals surface area contributed by atoms with E-state index in [1.165, 1.54) is 89.9 Å². The third-order valence-electron chi connectivity index (χ3n) is 6.52. The van der Waals surface area contributed by atoms with Crippen molar-refractivity contribution < 1.29 is 9.59 Å². The van der Waals surface area contributed by atoms with E-state index in [1.807, 2.05) is 0 Å². The molecule has 0 bridgehead atoms. The number of rotatable bonds is 19. The van der Waals surface area contributed by atoms with Crippen LogP contribution in [-0.2, 0) is 0 Å². The third-order valence-corrected chi connectivity index (χ3v) is 6.52. The molecule has 0 aromatic rings. The van der Waals surface area contributed by atoms with Crippen molar-refractivity contribution in [2.75, 3.05) is 26.2 Å². The zero-order valence-electron chi connectivity index (χ0n) is 19.1. The molecule has 0 spiro atoms. The van der Waals surface area contributed by atoms with E-state index in [4.69, 9.17) is 0 Å². The van der Waals surface area contributed by atoms with Gasteiger partial charge in [-0.25, -0.2) is 4.99 Å².